The van der Waals surface area contributed by atoms with Gasteiger partial charge in [0.15, 0.2) is 6.61 Å². The Kier molecular flexibility index (Phi) is 5.84. The maximum Gasteiger partial charge on any atom is 0.272 e. The molecule has 0 N–H and O–H groups in total. The van der Waals surface area contributed by atoms with Crippen molar-refractivity contribution >= 4 is 16.6 Å². The van der Waals surface area contributed by atoms with E-state index in [1.165, 1.54) is 12.5 Å². The SMILES string of the molecule is Cn1c(CN2CCN(c3ccc4ncnc(OCC(F)F)c4c3)CC2)cncc1=O. The first-order valence-corrected chi connectivity index (χ1v) is 9.64. The Morgan fingerprint density at radius 1 is 1.13 bits per heavy atom. The lowest BCUT2D eigenvalue weighted by molar-refractivity contribution is 0.0804. The van der Waals surface area contributed by atoms with Crippen LogP contribution in [0.2, 0.25) is 0 Å². The van der Waals surface area contributed by atoms with Crippen LogP contribution in [-0.2, 0) is 13.6 Å². The van der Waals surface area contributed by atoms with Gasteiger partial charge < -0.3 is 14.2 Å². The van der Waals surface area contributed by atoms with Gasteiger partial charge >= 0.3 is 0 Å². The summed E-state index contributed by atoms with van der Waals surface area (Å²) < 4.78 is 31.8. The third-order valence-electron chi connectivity index (χ3n) is 5.22. The summed E-state index contributed by atoms with van der Waals surface area (Å²) in [7, 11) is 1.75. The van der Waals surface area contributed by atoms with Crippen LogP contribution in [0.15, 0.2) is 41.7 Å². The second-order valence-corrected chi connectivity index (χ2v) is 7.14. The average molecular weight is 416 g/mol. The monoisotopic (exact) mass is 416 g/mol. The largest absolute Gasteiger partial charge is 0.471 e. The highest BCUT2D eigenvalue weighted by atomic mass is 19.3. The molecule has 158 valence electrons. The van der Waals surface area contributed by atoms with Gasteiger partial charge in [-0.05, 0) is 18.2 Å². The molecule has 1 saturated heterocycles. The number of hydrogen-bond acceptors (Lipinski definition) is 7. The number of fused-ring (bicyclic) bond motifs is 1. The van der Waals surface area contributed by atoms with Crippen LogP contribution in [-0.4, -0.2) is 63.6 Å². The molecule has 0 saturated carbocycles. The number of hydrogen-bond donors (Lipinski definition) is 0. The quantitative estimate of drug-likeness (QED) is 0.605. The van der Waals surface area contributed by atoms with Crippen molar-refractivity contribution in [3.8, 4) is 5.88 Å². The summed E-state index contributed by atoms with van der Waals surface area (Å²) in [6.45, 7) is 3.18. The van der Waals surface area contributed by atoms with Gasteiger partial charge in [-0.25, -0.2) is 18.7 Å². The van der Waals surface area contributed by atoms with E-state index in [2.05, 4.69) is 24.8 Å². The van der Waals surface area contributed by atoms with Gasteiger partial charge in [0.25, 0.3) is 12.0 Å². The first-order valence-electron chi connectivity index (χ1n) is 9.64. The zero-order chi connectivity index (χ0) is 21.1. The molecular weight excluding hydrogens is 394 g/mol. The van der Waals surface area contributed by atoms with Crippen molar-refractivity contribution in [2.45, 2.75) is 13.0 Å². The molecule has 0 aliphatic carbocycles. The summed E-state index contributed by atoms with van der Waals surface area (Å²) in [5.74, 6) is 0.165. The Bertz CT molecular complexity index is 1080. The highest BCUT2D eigenvalue weighted by molar-refractivity contribution is 5.86. The third kappa shape index (κ3) is 4.38. The zero-order valence-electron chi connectivity index (χ0n) is 16.5. The fourth-order valence-electron chi connectivity index (χ4n) is 3.52. The second-order valence-electron chi connectivity index (χ2n) is 7.14. The smallest absolute Gasteiger partial charge is 0.272 e. The van der Waals surface area contributed by atoms with Crippen LogP contribution >= 0.6 is 0 Å². The van der Waals surface area contributed by atoms with Crippen LogP contribution in [0.3, 0.4) is 0 Å². The Morgan fingerprint density at radius 3 is 2.70 bits per heavy atom. The number of nitrogens with zero attached hydrogens (tertiary/aromatic N) is 6. The van der Waals surface area contributed by atoms with Crippen molar-refractivity contribution in [1.29, 1.82) is 0 Å². The molecule has 8 nitrogen and oxygen atoms in total. The van der Waals surface area contributed by atoms with Gasteiger partial charge in [-0.2, -0.15) is 0 Å². The lowest BCUT2D eigenvalue weighted by Gasteiger charge is -2.36. The van der Waals surface area contributed by atoms with Crippen molar-refractivity contribution < 1.29 is 13.5 Å². The van der Waals surface area contributed by atoms with Crippen LogP contribution in [0.4, 0.5) is 14.5 Å². The molecule has 3 heterocycles. The number of piperazine rings is 1. The van der Waals surface area contributed by atoms with Crippen LogP contribution in [0.5, 0.6) is 5.88 Å². The van der Waals surface area contributed by atoms with Gasteiger partial charge in [-0.3, -0.25) is 14.7 Å². The molecule has 1 fully saturated rings. The average Bonchev–Trinajstić information content (AvgIpc) is 2.75. The van der Waals surface area contributed by atoms with E-state index in [1.807, 2.05) is 18.2 Å². The number of anilines is 1. The molecule has 0 unspecified atom stereocenters. The molecule has 3 aromatic rings. The number of rotatable bonds is 6. The predicted octanol–water partition coefficient (Wildman–Crippen LogP) is 1.69. The molecule has 10 heteroatoms. The lowest BCUT2D eigenvalue weighted by Crippen LogP contribution is -2.46. The van der Waals surface area contributed by atoms with Crippen molar-refractivity contribution in [2.75, 3.05) is 37.7 Å². The Morgan fingerprint density at radius 2 is 1.93 bits per heavy atom. The number of ether oxygens (including phenoxy) is 1. The van der Waals surface area contributed by atoms with Crippen molar-refractivity contribution in [3.05, 3.63) is 53.0 Å². The summed E-state index contributed by atoms with van der Waals surface area (Å²) in [5.41, 5.74) is 2.37. The minimum Gasteiger partial charge on any atom is -0.471 e. The lowest BCUT2D eigenvalue weighted by atomic mass is 10.2. The molecule has 4 rings (SSSR count). The molecule has 0 bridgehead atoms. The molecule has 30 heavy (non-hydrogen) atoms. The molecular formula is C20H22F2N6O2. The van der Waals surface area contributed by atoms with Crippen LogP contribution in [0.1, 0.15) is 5.69 Å². The first-order chi connectivity index (χ1) is 14.5. The van der Waals surface area contributed by atoms with Gasteiger partial charge in [0.1, 0.15) is 6.33 Å². The fourth-order valence-corrected chi connectivity index (χ4v) is 3.52. The highest BCUT2D eigenvalue weighted by Gasteiger charge is 2.19. The topological polar surface area (TPSA) is 76.4 Å². The molecule has 0 amide bonds. The highest BCUT2D eigenvalue weighted by Crippen LogP contribution is 2.27. The van der Waals surface area contributed by atoms with Gasteiger partial charge in [-0.15, -0.1) is 0 Å². The van der Waals surface area contributed by atoms with E-state index in [-0.39, 0.29) is 11.4 Å². The zero-order valence-corrected chi connectivity index (χ0v) is 16.5. The molecule has 0 atom stereocenters. The van der Waals surface area contributed by atoms with Gasteiger partial charge in [-0.1, -0.05) is 0 Å². The van der Waals surface area contributed by atoms with E-state index in [1.54, 1.807) is 17.8 Å². The summed E-state index contributed by atoms with van der Waals surface area (Å²) in [6, 6.07) is 5.70. The molecule has 0 spiro atoms. The molecule has 1 aliphatic rings. The number of benzene rings is 1. The number of halogens is 2. The van der Waals surface area contributed by atoms with E-state index < -0.39 is 13.0 Å². The first kappa shape index (κ1) is 20.1. The standard InChI is InChI=1S/C20H22F2N6O2/c1-26-15(9-23-10-19(26)29)11-27-4-6-28(7-5-27)14-2-3-17-16(8-14)20(25-13-24-17)30-12-18(21)22/h2-3,8-10,13,18H,4-7,11-12H2,1H3. The maximum atomic E-state index is 12.5. The van der Waals surface area contributed by atoms with E-state index in [0.717, 1.165) is 37.6 Å². The van der Waals surface area contributed by atoms with E-state index in [0.29, 0.717) is 17.4 Å². The fraction of sp³-hybridized carbons (Fsp3) is 0.400. The van der Waals surface area contributed by atoms with Crippen molar-refractivity contribution in [1.82, 2.24) is 24.4 Å². The van der Waals surface area contributed by atoms with E-state index in [9.17, 15) is 13.6 Å². The van der Waals surface area contributed by atoms with Crippen LogP contribution < -0.4 is 15.2 Å². The number of aromatic nitrogens is 4. The summed E-state index contributed by atoms with van der Waals surface area (Å²) in [6.07, 6.45) is 1.78. The summed E-state index contributed by atoms with van der Waals surface area (Å²) >= 11 is 0. The molecule has 1 aromatic carbocycles. The summed E-state index contributed by atoms with van der Waals surface area (Å²) in [5, 5.41) is 0.614. The second kappa shape index (κ2) is 8.70. The Hall–Kier alpha value is -3.14. The Balaban J connectivity index is 1.46. The predicted molar refractivity (Wildman–Crippen MR) is 108 cm³/mol. The summed E-state index contributed by atoms with van der Waals surface area (Å²) in [4.78, 5) is 28.4. The third-order valence-corrected chi connectivity index (χ3v) is 5.22. The van der Waals surface area contributed by atoms with Crippen molar-refractivity contribution in [2.24, 2.45) is 7.05 Å². The molecule has 1 aliphatic heterocycles. The van der Waals surface area contributed by atoms with Gasteiger partial charge in [0.2, 0.25) is 5.88 Å². The van der Waals surface area contributed by atoms with Gasteiger partial charge in [0, 0.05) is 51.7 Å². The minimum atomic E-state index is -2.56. The molecule has 2 aromatic heterocycles. The van der Waals surface area contributed by atoms with E-state index >= 15 is 0 Å². The normalized spacial score (nSPS) is 15.1. The molecule has 0 radical (unpaired) electrons. The minimum absolute atomic E-state index is 0.116. The van der Waals surface area contributed by atoms with Crippen LogP contribution in [0, 0.1) is 0 Å². The van der Waals surface area contributed by atoms with Gasteiger partial charge in [0.05, 0.1) is 22.8 Å². The van der Waals surface area contributed by atoms with Crippen LogP contribution in [0.25, 0.3) is 10.9 Å². The maximum absolute atomic E-state index is 12.5. The number of alkyl halides is 2. The Labute approximate surface area is 171 Å². The van der Waals surface area contributed by atoms with E-state index in [4.69, 9.17) is 4.74 Å². The van der Waals surface area contributed by atoms with Crippen molar-refractivity contribution in [3.63, 3.8) is 0 Å².